The van der Waals surface area contributed by atoms with Crippen molar-refractivity contribution in [3.8, 4) is 0 Å². The summed E-state index contributed by atoms with van der Waals surface area (Å²) in [6.45, 7) is 8.62. The van der Waals surface area contributed by atoms with E-state index in [1.807, 2.05) is 11.8 Å². The standard InChI is InChI=1S/C14H20N2S/c1-9-7-10(2)13(11(3)8-9)16-14-15-12(4)5-6-17-14/h7-8,12H,5-6H2,1-4H3,(H,15,16). The fourth-order valence-corrected chi connectivity index (χ4v) is 3.26. The molecule has 1 N–H and O–H groups in total. The summed E-state index contributed by atoms with van der Waals surface area (Å²) in [7, 11) is 0. The van der Waals surface area contributed by atoms with Crippen molar-refractivity contribution in [1.29, 1.82) is 0 Å². The number of benzene rings is 1. The van der Waals surface area contributed by atoms with Crippen LogP contribution < -0.4 is 5.32 Å². The number of hydrogen-bond acceptors (Lipinski definition) is 3. The molecule has 0 radical (unpaired) electrons. The Morgan fingerprint density at radius 2 is 1.88 bits per heavy atom. The number of nitrogens with one attached hydrogen (secondary N) is 1. The second-order valence-corrected chi connectivity index (χ2v) is 5.90. The van der Waals surface area contributed by atoms with Crippen LogP contribution in [0, 0.1) is 20.8 Å². The highest BCUT2D eigenvalue weighted by Gasteiger charge is 2.13. The molecule has 1 aliphatic heterocycles. The van der Waals surface area contributed by atoms with Gasteiger partial charge in [-0.3, -0.25) is 4.99 Å². The molecule has 2 rings (SSSR count). The van der Waals surface area contributed by atoms with Gasteiger partial charge in [0.2, 0.25) is 0 Å². The Morgan fingerprint density at radius 1 is 1.24 bits per heavy atom. The highest BCUT2D eigenvalue weighted by Crippen LogP contribution is 2.25. The maximum atomic E-state index is 4.65. The average molecular weight is 248 g/mol. The van der Waals surface area contributed by atoms with Crippen LogP contribution in [0.5, 0.6) is 0 Å². The van der Waals surface area contributed by atoms with Crippen molar-refractivity contribution < 1.29 is 0 Å². The Kier molecular flexibility index (Phi) is 3.77. The van der Waals surface area contributed by atoms with Crippen LogP contribution in [0.4, 0.5) is 5.69 Å². The maximum absolute atomic E-state index is 4.65. The highest BCUT2D eigenvalue weighted by molar-refractivity contribution is 8.14. The van der Waals surface area contributed by atoms with Gasteiger partial charge in [0.1, 0.15) is 0 Å². The van der Waals surface area contributed by atoms with Gasteiger partial charge in [0.05, 0.1) is 6.04 Å². The molecular weight excluding hydrogens is 228 g/mol. The molecule has 1 unspecified atom stereocenters. The molecule has 0 fully saturated rings. The Bertz CT molecular complexity index is 429. The fourth-order valence-electron chi connectivity index (χ4n) is 2.18. The molecule has 0 saturated heterocycles. The number of nitrogens with zero attached hydrogens (tertiary/aromatic N) is 1. The molecule has 92 valence electrons. The number of anilines is 1. The van der Waals surface area contributed by atoms with Gasteiger partial charge in [-0.1, -0.05) is 29.5 Å². The van der Waals surface area contributed by atoms with Gasteiger partial charge in [-0.2, -0.15) is 0 Å². The summed E-state index contributed by atoms with van der Waals surface area (Å²) in [6, 6.07) is 4.88. The summed E-state index contributed by atoms with van der Waals surface area (Å²) >= 11 is 1.82. The summed E-state index contributed by atoms with van der Waals surface area (Å²) < 4.78 is 0. The largest absolute Gasteiger partial charge is 0.335 e. The van der Waals surface area contributed by atoms with E-state index in [0.29, 0.717) is 6.04 Å². The Labute approximate surface area is 108 Å². The maximum Gasteiger partial charge on any atom is 0.161 e. The fraction of sp³-hybridized carbons (Fsp3) is 0.500. The van der Waals surface area contributed by atoms with E-state index in [9.17, 15) is 0 Å². The van der Waals surface area contributed by atoms with E-state index in [-0.39, 0.29) is 0 Å². The Hall–Kier alpha value is -0.960. The molecule has 0 aliphatic carbocycles. The minimum atomic E-state index is 0.449. The summed E-state index contributed by atoms with van der Waals surface area (Å²) in [5.74, 6) is 1.16. The first kappa shape index (κ1) is 12.5. The van der Waals surface area contributed by atoms with Crippen molar-refractivity contribution in [2.24, 2.45) is 4.99 Å². The lowest BCUT2D eigenvalue weighted by atomic mass is 10.1. The molecule has 17 heavy (non-hydrogen) atoms. The number of amidine groups is 1. The van der Waals surface area contributed by atoms with Gasteiger partial charge in [-0.05, 0) is 45.2 Å². The van der Waals surface area contributed by atoms with Gasteiger partial charge in [0.15, 0.2) is 5.17 Å². The predicted molar refractivity (Wildman–Crippen MR) is 78.2 cm³/mol. The zero-order chi connectivity index (χ0) is 12.4. The van der Waals surface area contributed by atoms with Gasteiger partial charge in [-0.25, -0.2) is 0 Å². The van der Waals surface area contributed by atoms with Gasteiger partial charge in [0.25, 0.3) is 0 Å². The van der Waals surface area contributed by atoms with Crippen LogP contribution in [0.3, 0.4) is 0 Å². The molecule has 2 nitrogen and oxygen atoms in total. The van der Waals surface area contributed by atoms with Crippen molar-refractivity contribution in [2.45, 2.75) is 40.2 Å². The molecule has 1 atom stereocenters. The molecule has 0 saturated carbocycles. The molecule has 1 heterocycles. The van der Waals surface area contributed by atoms with Crippen molar-refractivity contribution in [2.75, 3.05) is 11.1 Å². The molecule has 0 bridgehead atoms. The lowest BCUT2D eigenvalue weighted by Gasteiger charge is -2.20. The molecule has 3 heteroatoms. The molecule has 0 aromatic heterocycles. The van der Waals surface area contributed by atoms with Gasteiger partial charge >= 0.3 is 0 Å². The summed E-state index contributed by atoms with van der Waals surface area (Å²) in [6.07, 6.45) is 1.18. The van der Waals surface area contributed by atoms with Crippen LogP contribution in [0.2, 0.25) is 0 Å². The first-order chi connectivity index (χ1) is 8.06. The molecule has 1 aromatic carbocycles. The monoisotopic (exact) mass is 248 g/mol. The third kappa shape index (κ3) is 3.03. The van der Waals surface area contributed by atoms with Crippen LogP contribution in [-0.2, 0) is 0 Å². The van der Waals surface area contributed by atoms with E-state index < -0.39 is 0 Å². The summed E-state index contributed by atoms with van der Waals surface area (Å²) in [5.41, 5.74) is 5.13. The van der Waals surface area contributed by atoms with Crippen LogP contribution in [0.15, 0.2) is 17.1 Å². The van der Waals surface area contributed by atoms with E-state index in [1.54, 1.807) is 0 Å². The lowest BCUT2D eigenvalue weighted by Crippen LogP contribution is -2.19. The predicted octanol–water partition coefficient (Wildman–Crippen LogP) is 3.91. The number of rotatable bonds is 1. The summed E-state index contributed by atoms with van der Waals surface area (Å²) in [5, 5.41) is 4.56. The SMILES string of the molecule is Cc1cc(C)c(NC2=NC(C)CCS2)c(C)c1. The number of hydrogen-bond donors (Lipinski definition) is 1. The van der Waals surface area contributed by atoms with Crippen LogP contribution in [0.25, 0.3) is 0 Å². The third-order valence-corrected chi connectivity index (χ3v) is 3.94. The van der Waals surface area contributed by atoms with Gasteiger partial charge < -0.3 is 5.32 Å². The summed E-state index contributed by atoms with van der Waals surface area (Å²) in [4.78, 5) is 4.65. The Balaban J connectivity index is 2.24. The first-order valence-electron chi connectivity index (χ1n) is 6.11. The van der Waals surface area contributed by atoms with E-state index in [0.717, 1.165) is 10.9 Å². The highest BCUT2D eigenvalue weighted by atomic mass is 32.2. The average Bonchev–Trinajstić information content (AvgIpc) is 2.23. The number of thioether (sulfide) groups is 1. The quantitative estimate of drug-likeness (QED) is 0.815. The van der Waals surface area contributed by atoms with Crippen molar-refractivity contribution >= 4 is 22.6 Å². The number of aryl methyl sites for hydroxylation is 3. The van der Waals surface area contributed by atoms with Crippen LogP contribution in [0.1, 0.15) is 30.0 Å². The second kappa shape index (κ2) is 5.13. The molecule has 1 aromatic rings. The van der Waals surface area contributed by atoms with Gasteiger partial charge in [-0.15, -0.1) is 0 Å². The molecule has 0 amide bonds. The Morgan fingerprint density at radius 3 is 2.47 bits per heavy atom. The number of aliphatic imine (C=N–C) groups is 1. The first-order valence-corrected chi connectivity index (χ1v) is 7.10. The molecule has 0 spiro atoms. The normalized spacial score (nSPS) is 20.0. The van der Waals surface area contributed by atoms with Crippen LogP contribution >= 0.6 is 11.8 Å². The van der Waals surface area contributed by atoms with E-state index in [1.165, 1.54) is 28.8 Å². The van der Waals surface area contributed by atoms with E-state index in [2.05, 4.69) is 50.1 Å². The lowest BCUT2D eigenvalue weighted by molar-refractivity contribution is 0.720. The zero-order valence-electron chi connectivity index (χ0n) is 11.0. The van der Waals surface area contributed by atoms with Crippen molar-refractivity contribution in [1.82, 2.24) is 0 Å². The van der Waals surface area contributed by atoms with E-state index >= 15 is 0 Å². The topological polar surface area (TPSA) is 24.4 Å². The zero-order valence-corrected chi connectivity index (χ0v) is 11.8. The second-order valence-electron chi connectivity index (χ2n) is 4.82. The van der Waals surface area contributed by atoms with Crippen molar-refractivity contribution in [3.05, 3.63) is 28.8 Å². The molecular formula is C14H20N2S. The van der Waals surface area contributed by atoms with E-state index in [4.69, 9.17) is 0 Å². The molecule has 1 aliphatic rings. The van der Waals surface area contributed by atoms with Gasteiger partial charge in [0, 0.05) is 11.4 Å². The van der Waals surface area contributed by atoms with Crippen molar-refractivity contribution in [3.63, 3.8) is 0 Å². The minimum absolute atomic E-state index is 0.449. The minimum Gasteiger partial charge on any atom is -0.335 e. The van der Waals surface area contributed by atoms with Crippen LogP contribution in [-0.4, -0.2) is 17.0 Å². The smallest absolute Gasteiger partial charge is 0.161 e. The third-order valence-electron chi connectivity index (χ3n) is 3.02.